The minimum Gasteiger partial charge on any atom is -0.256 e. The molecule has 2 aromatic carbocycles. The molecule has 0 bridgehead atoms. The Hall–Kier alpha value is -2.14. The van der Waals surface area contributed by atoms with E-state index in [1.165, 1.54) is 16.2 Å². The third-order valence-corrected chi connectivity index (χ3v) is 2.50. The molecule has 3 rings (SSSR count). The van der Waals surface area contributed by atoms with Crippen LogP contribution in [0.15, 0.2) is 54.7 Å². The SMILES string of the molecule is [C-]#[O+].[C-]#[O+].[C-]#[O+].[Cr].c1ccc2c(c1)ccc1cccnc12. The first-order valence-electron chi connectivity index (χ1n) is 5.29. The molecule has 4 nitrogen and oxygen atoms in total. The molecule has 0 radical (unpaired) electrons. The zero-order valence-corrected chi connectivity index (χ0v) is 12.1. The minimum absolute atomic E-state index is 0. The second-order valence-corrected chi connectivity index (χ2v) is 3.36. The summed E-state index contributed by atoms with van der Waals surface area (Å²) in [5, 5.41) is 3.68. The van der Waals surface area contributed by atoms with Gasteiger partial charge in [0.1, 0.15) is 0 Å². The minimum atomic E-state index is 0. The van der Waals surface area contributed by atoms with Crippen LogP contribution in [0, 0.1) is 20.0 Å². The van der Waals surface area contributed by atoms with Crippen LogP contribution in [0.5, 0.6) is 0 Å². The largest absolute Gasteiger partial charge is 0.256 e. The Morgan fingerprint density at radius 1 is 0.667 bits per heavy atom. The molecular weight excluding hydrogens is 306 g/mol. The smallest absolute Gasteiger partial charge is 0.0780 e. The van der Waals surface area contributed by atoms with Gasteiger partial charge in [0.15, 0.2) is 0 Å². The van der Waals surface area contributed by atoms with Gasteiger partial charge in [-0.05, 0) is 11.5 Å². The molecule has 0 unspecified atom stereocenters. The maximum atomic E-state index is 7.50. The normalized spacial score (nSPS) is 7.52. The third-order valence-electron chi connectivity index (χ3n) is 2.50. The second kappa shape index (κ2) is 12.9. The summed E-state index contributed by atoms with van der Waals surface area (Å²) in [5.74, 6) is 0. The molecule has 0 saturated heterocycles. The number of benzene rings is 2. The Morgan fingerprint density at radius 2 is 1.19 bits per heavy atom. The second-order valence-electron chi connectivity index (χ2n) is 3.36. The zero-order chi connectivity index (χ0) is 15.4. The van der Waals surface area contributed by atoms with Gasteiger partial charge >= 0.3 is 33.9 Å². The number of fused-ring (bicyclic) bond motifs is 3. The average Bonchev–Trinajstić information content (AvgIpc) is 2.60. The van der Waals surface area contributed by atoms with E-state index in [4.69, 9.17) is 14.0 Å². The van der Waals surface area contributed by atoms with Gasteiger partial charge in [-0.2, -0.15) is 0 Å². The van der Waals surface area contributed by atoms with Crippen molar-refractivity contribution in [2.75, 3.05) is 0 Å². The summed E-state index contributed by atoms with van der Waals surface area (Å²) in [6.07, 6.45) is 1.84. The first kappa shape index (κ1) is 21.2. The Balaban J connectivity index is 0. The standard InChI is InChI=1S/C13H9N.3CO.Cr/c1-2-6-12-10(4-1)7-8-11-5-3-9-14-13(11)12;3*1-2;/h1-9H;;;;. The van der Waals surface area contributed by atoms with Gasteiger partial charge in [-0.3, -0.25) is 4.98 Å². The van der Waals surface area contributed by atoms with Gasteiger partial charge in [-0.25, -0.2) is 0 Å². The van der Waals surface area contributed by atoms with Crippen molar-refractivity contribution >= 4 is 21.7 Å². The van der Waals surface area contributed by atoms with Crippen molar-refractivity contribution < 1.29 is 31.3 Å². The molecule has 102 valence electrons. The van der Waals surface area contributed by atoms with Gasteiger partial charge in [0, 0.05) is 34.3 Å². The number of pyridine rings is 1. The van der Waals surface area contributed by atoms with Gasteiger partial charge in [0.25, 0.3) is 0 Å². The number of hydrogen-bond donors (Lipinski definition) is 0. The molecule has 21 heavy (non-hydrogen) atoms. The molecule has 0 spiro atoms. The molecule has 0 N–H and O–H groups in total. The molecule has 3 aromatic rings. The van der Waals surface area contributed by atoms with Gasteiger partial charge in [-0.15, -0.1) is 0 Å². The Kier molecular flexibility index (Phi) is 13.0. The van der Waals surface area contributed by atoms with Crippen LogP contribution in [0.25, 0.3) is 21.7 Å². The van der Waals surface area contributed by atoms with Crippen LogP contribution in [-0.2, 0) is 31.3 Å². The van der Waals surface area contributed by atoms with E-state index in [-0.39, 0.29) is 17.4 Å². The van der Waals surface area contributed by atoms with E-state index in [1.54, 1.807) is 0 Å². The van der Waals surface area contributed by atoms with Crippen LogP contribution in [0.1, 0.15) is 0 Å². The van der Waals surface area contributed by atoms with E-state index in [0.717, 1.165) is 5.52 Å². The van der Waals surface area contributed by atoms with Gasteiger partial charge in [0.05, 0.1) is 5.52 Å². The molecule has 1 heterocycles. The first-order chi connectivity index (χ1) is 9.95. The van der Waals surface area contributed by atoms with Crippen molar-refractivity contribution in [1.82, 2.24) is 4.98 Å². The van der Waals surface area contributed by atoms with Gasteiger partial charge in [0.2, 0.25) is 0 Å². The Labute approximate surface area is 133 Å². The van der Waals surface area contributed by atoms with Gasteiger partial charge in [-0.1, -0.05) is 42.5 Å². The molecule has 0 atom stereocenters. The summed E-state index contributed by atoms with van der Waals surface area (Å²) in [7, 11) is 0. The summed E-state index contributed by atoms with van der Waals surface area (Å²) in [6.45, 7) is 13.5. The molecule has 0 saturated carbocycles. The van der Waals surface area contributed by atoms with E-state index in [0.29, 0.717) is 0 Å². The monoisotopic (exact) mass is 315 g/mol. The maximum absolute atomic E-state index is 7.50. The average molecular weight is 315 g/mol. The fraction of sp³-hybridized carbons (Fsp3) is 0. The molecule has 0 aliphatic rings. The van der Waals surface area contributed by atoms with Crippen molar-refractivity contribution in [3.8, 4) is 0 Å². The van der Waals surface area contributed by atoms with Crippen molar-refractivity contribution in [1.29, 1.82) is 0 Å². The Morgan fingerprint density at radius 3 is 1.86 bits per heavy atom. The van der Waals surface area contributed by atoms with Crippen molar-refractivity contribution in [2.24, 2.45) is 0 Å². The first-order valence-corrected chi connectivity index (χ1v) is 5.29. The summed E-state index contributed by atoms with van der Waals surface area (Å²) >= 11 is 0. The summed E-state index contributed by atoms with van der Waals surface area (Å²) < 4.78 is 22.5. The quantitative estimate of drug-likeness (QED) is 0.356. The number of nitrogens with zero attached hydrogens (tertiary/aromatic N) is 1. The molecule has 0 aliphatic heterocycles. The predicted molar refractivity (Wildman–Crippen MR) is 71.0 cm³/mol. The van der Waals surface area contributed by atoms with Crippen molar-refractivity contribution in [3.05, 3.63) is 74.7 Å². The number of rotatable bonds is 0. The van der Waals surface area contributed by atoms with Crippen LogP contribution < -0.4 is 0 Å². The van der Waals surface area contributed by atoms with Crippen molar-refractivity contribution in [3.63, 3.8) is 0 Å². The molecule has 0 aliphatic carbocycles. The van der Waals surface area contributed by atoms with Gasteiger partial charge < -0.3 is 0 Å². The van der Waals surface area contributed by atoms with Crippen LogP contribution in [0.4, 0.5) is 0 Å². The predicted octanol–water partition coefficient (Wildman–Crippen LogP) is 3.27. The van der Waals surface area contributed by atoms with Crippen LogP contribution in [0.2, 0.25) is 0 Å². The molecule has 0 amide bonds. The third kappa shape index (κ3) is 5.40. The molecular formula is C16H9CrNO3. The fourth-order valence-corrected chi connectivity index (χ4v) is 1.81. The zero-order valence-electron chi connectivity index (χ0n) is 10.8. The van der Waals surface area contributed by atoms with E-state index >= 15 is 0 Å². The molecule has 5 heteroatoms. The van der Waals surface area contributed by atoms with E-state index < -0.39 is 0 Å². The van der Waals surface area contributed by atoms with E-state index in [2.05, 4.69) is 67.4 Å². The van der Waals surface area contributed by atoms with Crippen LogP contribution in [0.3, 0.4) is 0 Å². The summed E-state index contributed by atoms with van der Waals surface area (Å²) in [6, 6.07) is 16.7. The van der Waals surface area contributed by atoms with Crippen LogP contribution >= 0.6 is 0 Å². The fourth-order valence-electron chi connectivity index (χ4n) is 1.81. The van der Waals surface area contributed by atoms with E-state index in [9.17, 15) is 0 Å². The Bertz CT molecular complexity index is 666. The number of aromatic nitrogens is 1. The topological polar surface area (TPSA) is 72.6 Å². The van der Waals surface area contributed by atoms with Crippen molar-refractivity contribution in [2.45, 2.75) is 0 Å². The summed E-state index contributed by atoms with van der Waals surface area (Å²) in [5.41, 5.74) is 1.09. The van der Waals surface area contributed by atoms with E-state index in [1.807, 2.05) is 12.3 Å². The van der Waals surface area contributed by atoms with Crippen LogP contribution in [-0.4, -0.2) is 4.98 Å². The molecule has 0 fully saturated rings. The molecule has 1 aromatic heterocycles. The summed E-state index contributed by atoms with van der Waals surface area (Å²) in [4.78, 5) is 4.41. The number of hydrogen-bond acceptors (Lipinski definition) is 1. The maximum Gasteiger partial charge on any atom is 0.0780 e.